The zero-order valence-electron chi connectivity index (χ0n) is 14.7. The number of aromatic carboxylic acids is 1. The second-order valence-corrected chi connectivity index (χ2v) is 6.96. The number of hydrogen-bond acceptors (Lipinski definition) is 5. The van der Waals surface area contributed by atoms with Crippen molar-refractivity contribution in [1.82, 2.24) is 19.1 Å². The van der Waals surface area contributed by atoms with Crippen molar-refractivity contribution < 1.29 is 9.90 Å². The van der Waals surface area contributed by atoms with Gasteiger partial charge >= 0.3 is 5.97 Å². The predicted octanol–water partition coefficient (Wildman–Crippen LogP) is 4.37. The van der Waals surface area contributed by atoms with Crippen LogP contribution in [0.3, 0.4) is 0 Å². The largest absolute Gasteiger partial charge is 0.476 e. The van der Waals surface area contributed by atoms with Crippen LogP contribution in [0.2, 0.25) is 0 Å². The molecule has 134 valence electrons. The van der Waals surface area contributed by atoms with Crippen LogP contribution in [0.25, 0.3) is 27.8 Å². The van der Waals surface area contributed by atoms with Gasteiger partial charge in [0.2, 0.25) is 0 Å². The Balaban J connectivity index is 1.85. The van der Waals surface area contributed by atoms with E-state index in [1.165, 1.54) is 17.6 Å². The average molecular weight is 376 g/mol. The first-order valence-electron chi connectivity index (χ1n) is 8.33. The van der Waals surface area contributed by atoms with Gasteiger partial charge in [0, 0.05) is 11.6 Å². The van der Waals surface area contributed by atoms with Crippen LogP contribution in [0.5, 0.6) is 0 Å². The number of carboxylic acid groups (broad SMARTS) is 1. The Morgan fingerprint density at radius 3 is 2.63 bits per heavy atom. The highest BCUT2D eigenvalue weighted by atomic mass is 32.1. The van der Waals surface area contributed by atoms with Gasteiger partial charge in [-0.1, -0.05) is 42.0 Å². The predicted molar refractivity (Wildman–Crippen MR) is 104 cm³/mol. The molecule has 0 unspecified atom stereocenters. The van der Waals surface area contributed by atoms with E-state index in [-0.39, 0.29) is 5.69 Å². The number of carboxylic acids is 1. The van der Waals surface area contributed by atoms with Crippen molar-refractivity contribution >= 4 is 17.5 Å². The van der Waals surface area contributed by atoms with Gasteiger partial charge in [-0.25, -0.2) is 14.5 Å². The summed E-state index contributed by atoms with van der Waals surface area (Å²) in [4.78, 5) is 16.1. The lowest BCUT2D eigenvalue weighted by atomic mass is 10.1. The molecule has 0 saturated carbocycles. The molecule has 0 atom stereocenters. The summed E-state index contributed by atoms with van der Waals surface area (Å²) in [6, 6.07) is 17.2. The monoisotopic (exact) mass is 376 g/mol. The lowest BCUT2D eigenvalue weighted by Gasteiger charge is -2.08. The number of benzene rings is 2. The lowest BCUT2D eigenvalue weighted by molar-refractivity contribution is 0.0690. The molecular weight excluding hydrogens is 360 g/mol. The standard InChI is InChI=1S/C20H16N4O2S/c1-12-6-5-8-14(10-12)18-21-19(27-23-18)17-11-15(20(25)26)22-24(17)16-9-4-3-7-13(16)2/h3-11H,1-2H3,(H,25,26). The molecule has 27 heavy (non-hydrogen) atoms. The zero-order valence-corrected chi connectivity index (χ0v) is 15.6. The van der Waals surface area contributed by atoms with E-state index < -0.39 is 5.97 Å². The van der Waals surface area contributed by atoms with Gasteiger partial charge in [0.15, 0.2) is 16.5 Å². The summed E-state index contributed by atoms with van der Waals surface area (Å²) >= 11 is 1.23. The van der Waals surface area contributed by atoms with Gasteiger partial charge in [-0.05, 0) is 43.1 Å². The van der Waals surface area contributed by atoms with Crippen molar-refractivity contribution in [3.63, 3.8) is 0 Å². The van der Waals surface area contributed by atoms with E-state index in [2.05, 4.69) is 14.5 Å². The van der Waals surface area contributed by atoms with E-state index >= 15 is 0 Å². The molecule has 0 fully saturated rings. The van der Waals surface area contributed by atoms with Crippen molar-refractivity contribution in [2.45, 2.75) is 13.8 Å². The molecule has 4 aromatic rings. The third-order valence-electron chi connectivity index (χ3n) is 4.19. The number of carbonyl (C=O) groups is 1. The van der Waals surface area contributed by atoms with Crippen molar-refractivity contribution in [3.8, 4) is 27.8 Å². The molecule has 1 N–H and O–H groups in total. The Bertz CT molecular complexity index is 1150. The number of para-hydroxylation sites is 1. The fourth-order valence-electron chi connectivity index (χ4n) is 2.85. The molecule has 0 saturated heterocycles. The Kier molecular flexibility index (Phi) is 4.29. The van der Waals surface area contributed by atoms with E-state index in [1.54, 1.807) is 4.68 Å². The number of rotatable bonds is 4. The fraction of sp³-hybridized carbons (Fsp3) is 0.100. The molecule has 0 spiro atoms. The molecule has 0 aliphatic rings. The van der Waals surface area contributed by atoms with E-state index in [4.69, 9.17) is 0 Å². The van der Waals surface area contributed by atoms with E-state index in [1.807, 2.05) is 62.4 Å². The SMILES string of the molecule is Cc1cccc(-c2nsc(-c3cc(C(=O)O)nn3-c3ccccc3C)n2)c1. The second kappa shape index (κ2) is 6.77. The van der Waals surface area contributed by atoms with Gasteiger partial charge < -0.3 is 5.11 Å². The third-order valence-corrected chi connectivity index (χ3v) is 4.93. The van der Waals surface area contributed by atoms with Crippen molar-refractivity contribution in [1.29, 1.82) is 0 Å². The Morgan fingerprint density at radius 2 is 1.89 bits per heavy atom. The van der Waals surface area contributed by atoms with Crippen LogP contribution in [0, 0.1) is 13.8 Å². The zero-order chi connectivity index (χ0) is 19.0. The average Bonchev–Trinajstić information content (AvgIpc) is 3.29. The van der Waals surface area contributed by atoms with Crippen LogP contribution < -0.4 is 0 Å². The summed E-state index contributed by atoms with van der Waals surface area (Å²) in [5.41, 5.74) is 4.44. The first-order chi connectivity index (χ1) is 13.0. The molecule has 0 aliphatic carbocycles. The van der Waals surface area contributed by atoms with Crippen LogP contribution in [0.1, 0.15) is 21.6 Å². The molecular formula is C20H16N4O2S. The Hall–Kier alpha value is -3.32. The highest BCUT2D eigenvalue weighted by molar-refractivity contribution is 7.09. The summed E-state index contributed by atoms with van der Waals surface area (Å²) < 4.78 is 6.08. The van der Waals surface area contributed by atoms with Gasteiger partial charge in [-0.2, -0.15) is 9.47 Å². The summed E-state index contributed by atoms with van der Waals surface area (Å²) in [5, 5.41) is 14.3. The van der Waals surface area contributed by atoms with E-state index in [9.17, 15) is 9.90 Å². The van der Waals surface area contributed by atoms with Gasteiger partial charge in [0.1, 0.15) is 5.69 Å². The molecule has 2 aromatic carbocycles. The van der Waals surface area contributed by atoms with Crippen LogP contribution >= 0.6 is 11.5 Å². The fourth-order valence-corrected chi connectivity index (χ4v) is 3.54. The minimum Gasteiger partial charge on any atom is -0.476 e. The maximum atomic E-state index is 11.5. The van der Waals surface area contributed by atoms with Crippen LogP contribution in [0.15, 0.2) is 54.6 Å². The summed E-state index contributed by atoms with van der Waals surface area (Å²) in [7, 11) is 0. The molecule has 2 aromatic heterocycles. The summed E-state index contributed by atoms with van der Waals surface area (Å²) in [6.07, 6.45) is 0. The minimum atomic E-state index is -1.08. The molecule has 0 aliphatic heterocycles. The van der Waals surface area contributed by atoms with E-state index in [0.717, 1.165) is 22.4 Å². The minimum absolute atomic E-state index is 0.0273. The first kappa shape index (κ1) is 17.1. The Morgan fingerprint density at radius 1 is 1.07 bits per heavy atom. The summed E-state index contributed by atoms with van der Waals surface area (Å²) in [6.45, 7) is 3.97. The van der Waals surface area contributed by atoms with Gasteiger partial charge in [-0.3, -0.25) is 0 Å². The maximum Gasteiger partial charge on any atom is 0.356 e. The normalized spacial score (nSPS) is 10.9. The molecule has 0 bridgehead atoms. The van der Waals surface area contributed by atoms with Crippen LogP contribution in [-0.4, -0.2) is 30.2 Å². The number of aromatic nitrogens is 4. The number of hydrogen-bond donors (Lipinski definition) is 1. The number of aryl methyl sites for hydroxylation is 2. The smallest absolute Gasteiger partial charge is 0.356 e. The summed E-state index contributed by atoms with van der Waals surface area (Å²) in [5.74, 6) is -0.458. The number of nitrogens with zero attached hydrogens (tertiary/aromatic N) is 4. The maximum absolute atomic E-state index is 11.5. The molecule has 4 rings (SSSR count). The molecule has 0 amide bonds. The molecule has 6 nitrogen and oxygen atoms in total. The van der Waals surface area contributed by atoms with Crippen molar-refractivity contribution in [3.05, 3.63) is 71.4 Å². The van der Waals surface area contributed by atoms with Gasteiger partial charge in [0.05, 0.1) is 5.69 Å². The molecule has 0 radical (unpaired) electrons. The Labute approximate surface area is 159 Å². The second-order valence-electron chi connectivity index (χ2n) is 6.21. The van der Waals surface area contributed by atoms with Crippen LogP contribution in [0.4, 0.5) is 0 Å². The highest BCUT2D eigenvalue weighted by Gasteiger charge is 2.20. The molecule has 2 heterocycles. The van der Waals surface area contributed by atoms with Crippen molar-refractivity contribution in [2.24, 2.45) is 0 Å². The first-order valence-corrected chi connectivity index (χ1v) is 9.11. The van der Waals surface area contributed by atoms with E-state index in [0.29, 0.717) is 16.5 Å². The quantitative estimate of drug-likeness (QED) is 0.572. The van der Waals surface area contributed by atoms with Crippen molar-refractivity contribution in [2.75, 3.05) is 0 Å². The molecule has 7 heteroatoms. The van der Waals surface area contributed by atoms with Gasteiger partial charge in [-0.15, -0.1) is 0 Å². The lowest BCUT2D eigenvalue weighted by Crippen LogP contribution is -2.03. The van der Waals surface area contributed by atoms with Gasteiger partial charge in [0.25, 0.3) is 0 Å². The van der Waals surface area contributed by atoms with Crippen LogP contribution in [-0.2, 0) is 0 Å². The topological polar surface area (TPSA) is 80.9 Å². The highest BCUT2D eigenvalue weighted by Crippen LogP contribution is 2.29. The third kappa shape index (κ3) is 3.24.